The zero-order valence-corrected chi connectivity index (χ0v) is 13.0. The van der Waals surface area contributed by atoms with Gasteiger partial charge in [0.05, 0.1) is 5.69 Å². The molecule has 0 spiro atoms. The van der Waals surface area contributed by atoms with Crippen molar-refractivity contribution in [3.05, 3.63) is 53.6 Å². The van der Waals surface area contributed by atoms with Crippen molar-refractivity contribution in [1.29, 1.82) is 0 Å². The molecule has 0 amide bonds. The molecule has 24 heavy (non-hydrogen) atoms. The van der Waals surface area contributed by atoms with Crippen molar-refractivity contribution in [3.8, 4) is 0 Å². The molecular weight excluding hydrogens is 312 g/mol. The smallest absolute Gasteiger partial charge is 0.329 e. The number of nitrogens with zero attached hydrogens (tertiary/aromatic N) is 2. The van der Waals surface area contributed by atoms with E-state index in [4.69, 9.17) is 0 Å². The van der Waals surface area contributed by atoms with Gasteiger partial charge in [-0.15, -0.1) is 0 Å². The number of hydrogen-bond donors (Lipinski definition) is 4. The molecule has 2 aromatic rings. The first-order valence-corrected chi connectivity index (χ1v) is 7.87. The van der Waals surface area contributed by atoms with Crippen LogP contribution in [0, 0.1) is 0 Å². The molecule has 0 unspecified atom stereocenters. The number of aliphatic carboxylic acids is 1. The highest BCUT2D eigenvalue weighted by molar-refractivity contribution is 5.73. The normalized spacial score (nSPS) is 26.1. The van der Waals surface area contributed by atoms with E-state index in [0.717, 1.165) is 12.8 Å². The molecule has 0 saturated heterocycles. The summed E-state index contributed by atoms with van der Waals surface area (Å²) in [5, 5.41) is 39.1. The third-order valence-electron chi connectivity index (χ3n) is 4.37. The summed E-state index contributed by atoms with van der Waals surface area (Å²) in [7, 11) is 0. The summed E-state index contributed by atoms with van der Waals surface area (Å²) in [4.78, 5) is 15.6. The van der Waals surface area contributed by atoms with Crippen LogP contribution < -0.4 is 0 Å². The van der Waals surface area contributed by atoms with Crippen LogP contribution >= 0.6 is 0 Å². The van der Waals surface area contributed by atoms with E-state index in [9.17, 15) is 25.2 Å². The Bertz CT molecular complexity index is 715. The molecule has 3 rings (SSSR count). The van der Waals surface area contributed by atoms with Gasteiger partial charge in [0.1, 0.15) is 24.1 Å². The summed E-state index contributed by atoms with van der Waals surface area (Å²) in [6.45, 7) is 0. The fourth-order valence-corrected chi connectivity index (χ4v) is 3.10. The molecule has 0 saturated carbocycles. The fourth-order valence-electron chi connectivity index (χ4n) is 3.10. The van der Waals surface area contributed by atoms with Crippen LogP contribution in [0.5, 0.6) is 0 Å². The van der Waals surface area contributed by atoms with Gasteiger partial charge in [-0.2, -0.15) is 0 Å². The zero-order chi connectivity index (χ0) is 17.3. The predicted octanol–water partition coefficient (Wildman–Crippen LogP) is 0.453. The molecule has 1 aromatic heterocycles. The highest BCUT2D eigenvalue weighted by atomic mass is 16.4. The summed E-state index contributed by atoms with van der Waals surface area (Å²) < 4.78 is 1.25. The quantitative estimate of drug-likeness (QED) is 0.632. The maximum atomic E-state index is 11.4. The lowest BCUT2D eigenvalue weighted by Gasteiger charge is -2.33. The van der Waals surface area contributed by atoms with Gasteiger partial charge < -0.3 is 25.0 Å². The van der Waals surface area contributed by atoms with Crippen molar-refractivity contribution in [3.63, 3.8) is 0 Å². The minimum atomic E-state index is -1.59. The largest absolute Gasteiger partial charge is 0.480 e. The van der Waals surface area contributed by atoms with Crippen LogP contribution in [0.4, 0.5) is 0 Å². The third kappa shape index (κ3) is 3.06. The van der Waals surface area contributed by atoms with Crippen molar-refractivity contribution >= 4 is 5.97 Å². The Balaban J connectivity index is 1.76. The minimum absolute atomic E-state index is 0.0786. The second kappa shape index (κ2) is 6.72. The van der Waals surface area contributed by atoms with Gasteiger partial charge in [-0.25, -0.2) is 9.78 Å². The first kappa shape index (κ1) is 16.6. The molecule has 1 aliphatic heterocycles. The van der Waals surface area contributed by atoms with Gasteiger partial charge in [0.2, 0.25) is 0 Å². The monoisotopic (exact) mass is 332 g/mol. The van der Waals surface area contributed by atoms with Gasteiger partial charge in [-0.3, -0.25) is 0 Å². The van der Waals surface area contributed by atoms with E-state index < -0.39 is 30.3 Å². The van der Waals surface area contributed by atoms with Crippen molar-refractivity contribution in [2.24, 2.45) is 0 Å². The van der Waals surface area contributed by atoms with Crippen LogP contribution in [0.2, 0.25) is 0 Å². The molecule has 0 bridgehead atoms. The van der Waals surface area contributed by atoms with E-state index in [1.54, 1.807) is 0 Å². The number of aliphatic hydroxyl groups is 3. The Hall–Kier alpha value is -2.22. The number of aryl methyl sites for hydroxylation is 2. The molecule has 1 aromatic carbocycles. The standard InChI is InChI=1S/C17H20N2O5/c20-13-12(17(23)24)19-9-11(18-16(19)15(22)14(13)21)8-4-7-10-5-2-1-3-6-10/h1-3,5-6,9,12-15,20-22H,4,7-8H2,(H,23,24)/t12-,13+,14-,15+/m0/s1. The van der Waals surface area contributed by atoms with Crippen LogP contribution in [0.3, 0.4) is 0 Å². The Morgan fingerprint density at radius 2 is 1.79 bits per heavy atom. The Morgan fingerprint density at radius 1 is 1.08 bits per heavy atom. The number of carboxylic acids is 1. The number of hydrogen-bond acceptors (Lipinski definition) is 5. The van der Waals surface area contributed by atoms with E-state index >= 15 is 0 Å². The number of benzene rings is 1. The summed E-state index contributed by atoms with van der Waals surface area (Å²) >= 11 is 0. The van der Waals surface area contributed by atoms with Gasteiger partial charge >= 0.3 is 5.97 Å². The average Bonchev–Trinajstić information content (AvgIpc) is 2.97. The highest BCUT2D eigenvalue weighted by Gasteiger charge is 2.45. The molecule has 4 N–H and O–H groups in total. The number of imidazole rings is 1. The molecule has 7 nitrogen and oxygen atoms in total. The summed E-state index contributed by atoms with van der Waals surface area (Å²) in [5.41, 5.74) is 1.84. The maximum Gasteiger partial charge on any atom is 0.329 e. The number of carbonyl (C=O) groups is 1. The van der Waals surface area contributed by atoms with Crippen molar-refractivity contribution < 1.29 is 25.2 Å². The summed E-state index contributed by atoms with van der Waals surface area (Å²) in [6, 6.07) is 8.62. The Labute approximate surface area is 138 Å². The SMILES string of the molecule is O=C(O)[C@@H]1[C@@H](O)[C@H](O)[C@@H](O)c2nc(CCCc3ccccc3)cn21. The number of aromatic nitrogens is 2. The van der Waals surface area contributed by atoms with Gasteiger partial charge in [0.15, 0.2) is 6.04 Å². The lowest BCUT2D eigenvalue weighted by atomic mass is 9.96. The van der Waals surface area contributed by atoms with Crippen LogP contribution in [-0.2, 0) is 17.6 Å². The Kier molecular flexibility index (Phi) is 4.66. The minimum Gasteiger partial charge on any atom is -0.480 e. The molecule has 2 heterocycles. The first-order chi connectivity index (χ1) is 11.5. The summed E-state index contributed by atoms with van der Waals surface area (Å²) in [5.74, 6) is -1.20. The average molecular weight is 332 g/mol. The summed E-state index contributed by atoms with van der Waals surface area (Å²) in [6.07, 6.45) is -0.732. The van der Waals surface area contributed by atoms with Crippen LogP contribution in [-0.4, -0.2) is 48.2 Å². The number of rotatable bonds is 5. The number of aliphatic hydroxyl groups excluding tert-OH is 3. The number of fused-ring (bicyclic) bond motifs is 1. The van der Waals surface area contributed by atoms with Crippen molar-refractivity contribution in [2.75, 3.05) is 0 Å². The molecule has 0 fully saturated rings. The van der Waals surface area contributed by atoms with E-state index in [-0.39, 0.29) is 5.82 Å². The van der Waals surface area contributed by atoms with Crippen molar-refractivity contribution in [1.82, 2.24) is 9.55 Å². The lowest BCUT2D eigenvalue weighted by molar-refractivity contribution is -0.156. The Morgan fingerprint density at radius 3 is 2.46 bits per heavy atom. The molecule has 1 aliphatic rings. The third-order valence-corrected chi connectivity index (χ3v) is 4.37. The molecule has 4 atom stereocenters. The van der Waals surface area contributed by atoms with Gasteiger partial charge in [-0.1, -0.05) is 30.3 Å². The second-order valence-corrected chi connectivity index (χ2v) is 6.05. The number of carboxylic acid groups (broad SMARTS) is 1. The van der Waals surface area contributed by atoms with E-state index in [0.29, 0.717) is 12.1 Å². The topological polar surface area (TPSA) is 116 Å². The lowest BCUT2D eigenvalue weighted by Crippen LogP contribution is -2.47. The van der Waals surface area contributed by atoms with Gasteiger partial charge in [0.25, 0.3) is 0 Å². The van der Waals surface area contributed by atoms with Gasteiger partial charge in [0, 0.05) is 6.20 Å². The van der Waals surface area contributed by atoms with Gasteiger partial charge in [-0.05, 0) is 24.8 Å². The second-order valence-electron chi connectivity index (χ2n) is 6.05. The van der Waals surface area contributed by atoms with Crippen molar-refractivity contribution in [2.45, 2.75) is 43.6 Å². The van der Waals surface area contributed by atoms with E-state index in [2.05, 4.69) is 4.98 Å². The first-order valence-electron chi connectivity index (χ1n) is 7.87. The van der Waals surface area contributed by atoms with E-state index in [1.165, 1.54) is 16.3 Å². The van der Waals surface area contributed by atoms with Crippen LogP contribution in [0.25, 0.3) is 0 Å². The predicted molar refractivity (Wildman–Crippen MR) is 84.3 cm³/mol. The van der Waals surface area contributed by atoms with E-state index in [1.807, 2.05) is 30.3 Å². The maximum absolute atomic E-state index is 11.4. The molecular formula is C17H20N2O5. The molecule has 0 radical (unpaired) electrons. The highest BCUT2D eigenvalue weighted by Crippen LogP contribution is 2.32. The zero-order valence-electron chi connectivity index (χ0n) is 13.0. The fraction of sp³-hybridized carbons (Fsp3) is 0.412. The molecule has 7 heteroatoms. The van der Waals surface area contributed by atoms with Crippen LogP contribution in [0.1, 0.15) is 35.6 Å². The molecule has 0 aliphatic carbocycles. The van der Waals surface area contributed by atoms with Crippen LogP contribution in [0.15, 0.2) is 36.5 Å². The molecule has 128 valence electrons.